The van der Waals surface area contributed by atoms with Crippen LogP contribution in [-0.2, 0) is 4.74 Å². The first-order valence-electron chi connectivity index (χ1n) is 4.44. The first kappa shape index (κ1) is 11.4. The van der Waals surface area contributed by atoms with Crippen LogP contribution >= 0.6 is 12.4 Å². The number of hydrogen-bond acceptors (Lipinski definition) is 2. The molecular weight excluding hydrogens is 205 g/mol. The number of halogens is 2. The minimum atomic E-state index is -0.202. The molecule has 2 rings (SSSR count). The van der Waals surface area contributed by atoms with Crippen molar-refractivity contribution in [1.82, 2.24) is 5.32 Å². The molecule has 1 aliphatic heterocycles. The van der Waals surface area contributed by atoms with Gasteiger partial charge < -0.3 is 10.1 Å². The lowest BCUT2D eigenvalue weighted by atomic mass is 10.1. The fourth-order valence-electron chi connectivity index (χ4n) is 1.49. The number of morpholine rings is 1. The first-order chi connectivity index (χ1) is 6.36. The van der Waals surface area contributed by atoms with E-state index in [0.29, 0.717) is 6.61 Å². The second-order valence-corrected chi connectivity index (χ2v) is 3.12. The van der Waals surface area contributed by atoms with Gasteiger partial charge in [-0.25, -0.2) is 4.39 Å². The lowest BCUT2D eigenvalue weighted by Gasteiger charge is -2.23. The van der Waals surface area contributed by atoms with Crippen LogP contribution in [0.1, 0.15) is 11.7 Å². The minimum absolute atomic E-state index is 0. The van der Waals surface area contributed by atoms with E-state index in [1.807, 2.05) is 6.07 Å². The third-order valence-electron chi connectivity index (χ3n) is 2.15. The summed E-state index contributed by atoms with van der Waals surface area (Å²) in [7, 11) is 0. The zero-order valence-electron chi connectivity index (χ0n) is 7.70. The number of benzene rings is 1. The molecule has 1 heterocycles. The molecule has 1 aliphatic rings. The zero-order chi connectivity index (χ0) is 9.10. The fourth-order valence-corrected chi connectivity index (χ4v) is 1.49. The van der Waals surface area contributed by atoms with E-state index in [1.165, 1.54) is 12.1 Å². The van der Waals surface area contributed by atoms with E-state index >= 15 is 0 Å². The molecule has 1 unspecified atom stereocenters. The summed E-state index contributed by atoms with van der Waals surface area (Å²) in [6.45, 7) is 2.34. The maximum absolute atomic E-state index is 12.8. The fraction of sp³-hybridized carbons (Fsp3) is 0.400. The highest BCUT2D eigenvalue weighted by molar-refractivity contribution is 5.85. The Hall–Kier alpha value is -0.640. The Bertz CT molecular complexity index is 289. The van der Waals surface area contributed by atoms with Gasteiger partial charge in [0.1, 0.15) is 5.82 Å². The molecule has 0 bridgehead atoms. The predicted molar refractivity (Wildman–Crippen MR) is 55.2 cm³/mol. The largest absolute Gasteiger partial charge is 0.371 e. The summed E-state index contributed by atoms with van der Waals surface area (Å²) >= 11 is 0. The third kappa shape index (κ3) is 2.67. The van der Waals surface area contributed by atoms with E-state index < -0.39 is 0 Å². The van der Waals surface area contributed by atoms with Gasteiger partial charge in [0.15, 0.2) is 0 Å². The van der Waals surface area contributed by atoms with E-state index in [-0.39, 0.29) is 24.3 Å². The smallest absolute Gasteiger partial charge is 0.123 e. The van der Waals surface area contributed by atoms with Crippen molar-refractivity contribution in [1.29, 1.82) is 0 Å². The number of hydrogen-bond donors (Lipinski definition) is 1. The van der Waals surface area contributed by atoms with Crippen LogP contribution in [0.15, 0.2) is 24.3 Å². The highest BCUT2D eigenvalue weighted by Crippen LogP contribution is 2.18. The van der Waals surface area contributed by atoms with Gasteiger partial charge in [-0.05, 0) is 17.7 Å². The highest BCUT2D eigenvalue weighted by Gasteiger charge is 2.15. The summed E-state index contributed by atoms with van der Waals surface area (Å²) in [5.41, 5.74) is 0.909. The molecule has 0 aliphatic carbocycles. The monoisotopic (exact) mass is 217 g/mol. The maximum Gasteiger partial charge on any atom is 0.123 e. The van der Waals surface area contributed by atoms with E-state index in [4.69, 9.17) is 4.74 Å². The number of ether oxygens (including phenoxy) is 1. The van der Waals surface area contributed by atoms with Crippen molar-refractivity contribution in [2.75, 3.05) is 19.7 Å². The second kappa shape index (κ2) is 5.29. The van der Waals surface area contributed by atoms with Crippen LogP contribution < -0.4 is 5.32 Å². The quantitative estimate of drug-likeness (QED) is 0.776. The summed E-state index contributed by atoms with van der Waals surface area (Å²) in [6.07, 6.45) is 0.00412. The average Bonchev–Trinajstić information content (AvgIpc) is 2.19. The Labute approximate surface area is 88.9 Å². The van der Waals surface area contributed by atoms with Crippen molar-refractivity contribution in [2.24, 2.45) is 0 Å². The van der Waals surface area contributed by atoms with Crippen LogP contribution in [0.5, 0.6) is 0 Å². The Morgan fingerprint density at radius 1 is 1.43 bits per heavy atom. The third-order valence-corrected chi connectivity index (χ3v) is 2.15. The van der Waals surface area contributed by atoms with E-state index in [2.05, 4.69) is 5.32 Å². The number of nitrogens with one attached hydrogen (secondary N) is 1. The minimum Gasteiger partial charge on any atom is -0.371 e. The van der Waals surface area contributed by atoms with Crippen LogP contribution in [0.25, 0.3) is 0 Å². The summed E-state index contributed by atoms with van der Waals surface area (Å²) in [6, 6.07) is 6.57. The van der Waals surface area contributed by atoms with Gasteiger partial charge in [0.25, 0.3) is 0 Å². The van der Waals surface area contributed by atoms with Gasteiger partial charge in [-0.15, -0.1) is 12.4 Å². The van der Waals surface area contributed by atoms with E-state index in [0.717, 1.165) is 18.7 Å². The highest BCUT2D eigenvalue weighted by atomic mass is 35.5. The predicted octanol–water partition coefficient (Wildman–Crippen LogP) is 1.91. The Morgan fingerprint density at radius 2 is 2.29 bits per heavy atom. The summed E-state index contributed by atoms with van der Waals surface area (Å²) in [5, 5.41) is 3.21. The van der Waals surface area contributed by atoms with Crippen LogP contribution in [-0.4, -0.2) is 19.7 Å². The second-order valence-electron chi connectivity index (χ2n) is 3.12. The average molecular weight is 218 g/mol. The van der Waals surface area contributed by atoms with Crippen molar-refractivity contribution in [3.63, 3.8) is 0 Å². The molecular formula is C10H13ClFNO. The van der Waals surface area contributed by atoms with Gasteiger partial charge >= 0.3 is 0 Å². The van der Waals surface area contributed by atoms with Gasteiger partial charge in [-0.3, -0.25) is 0 Å². The SMILES string of the molecule is Cl.Fc1cccc(C2CNCCO2)c1. The molecule has 1 aromatic carbocycles. The topological polar surface area (TPSA) is 21.3 Å². The Kier molecular flexibility index (Phi) is 4.32. The molecule has 14 heavy (non-hydrogen) atoms. The molecule has 0 saturated carbocycles. The van der Waals surface area contributed by atoms with Gasteiger partial charge in [-0.2, -0.15) is 0 Å². The molecule has 1 fully saturated rings. The van der Waals surface area contributed by atoms with Crippen molar-refractivity contribution in [2.45, 2.75) is 6.10 Å². The maximum atomic E-state index is 12.8. The van der Waals surface area contributed by atoms with Crippen molar-refractivity contribution in [3.05, 3.63) is 35.6 Å². The summed E-state index contributed by atoms with van der Waals surface area (Å²) in [5.74, 6) is -0.202. The Morgan fingerprint density at radius 3 is 2.93 bits per heavy atom. The van der Waals surface area contributed by atoms with Gasteiger partial charge in [0.05, 0.1) is 12.7 Å². The van der Waals surface area contributed by atoms with Crippen molar-refractivity contribution >= 4 is 12.4 Å². The van der Waals surface area contributed by atoms with Crippen LogP contribution in [0.3, 0.4) is 0 Å². The summed E-state index contributed by atoms with van der Waals surface area (Å²) < 4.78 is 18.3. The molecule has 2 nitrogen and oxygen atoms in total. The normalized spacial score (nSPS) is 21.4. The van der Waals surface area contributed by atoms with Gasteiger partial charge in [0, 0.05) is 13.1 Å². The van der Waals surface area contributed by atoms with E-state index in [1.54, 1.807) is 6.07 Å². The van der Waals surface area contributed by atoms with E-state index in [9.17, 15) is 4.39 Å². The molecule has 0 aromatic heterocycles. The van der Waals surface area contributed by atoms with Gasteiger partial charge in [0.2, 0.25) is 0 Å². The molecule has 1 aromatic rings. The van der Waals surface area contributed by atoms with Crippen molar-refractivity contribution < 1.29 is 9.13 Å². The molecule has 0 amide bonds. The zero-order valence-corrected chi connectivity index (χ0v) is 8.52. The molecule has 0 spiro atoms. The number of rotatable bonds is 1. The molecule has 0 radical (unpaired) electrons. The first-order valence-corrected chi connectivity index (χ1v) is 4.44. The van der Waals surface area contributed by atoms with Gasteiger partial charge in [-0.1, -0.05) is 12.1 Å². The van der Waals surface area contributed by atoms with Crippen LogP contribution in [0, 0.1) is 5.82 Å². The lowest BCUT2D eigenvalue weighted by molar-refractivity contribution is 0.0275. The molecule has 1 N–H and O–H groups in total. The molecule has 1 atom stereocenters. The van der Waals surface area contributed by atoms with Crippen molar-refractivity contribution in [3.8, 4) is 0 Å². The Balaban J connectivity index is 0.000000980. The lowest BCUT2D eigenvalue weighted by Crippen LogP contribution is -2.33. The van der Waals surface area contributed by atoms with Crippen LogP contribution in [0.4, 0.5) is 4.39 Å². The standard InChI is InChI=1S/C10H12FNO.ClH/c11-9-3-1-2-8(6-9)10-7-12-4-5-13-10;/h1-3,6,10,12H,4-5,7H2;1H. The summed E-state index contributed by atoms with van der Waals surface area (Å²) in [4.78, 5) is 0. The molecule has 1 saturated heterocycles. The molecule has 78 valence electrons. The van der Waals surface area contributed by atoms with Crippen LogP contribution in [0.2, 0.25) is 0 Å². The molecule has 4 heteroatoms.